The van der Waals surface area contributed by atoms with Gasteiger partial charge in [0, 0.05) is 17.9 Å². The van der Waals surface area contributed by atoms with Gasteiger partial charge in [-0.05, 0) is 32.1 Å². The first-order chi connectivity index (χ1) is 6.24. The van der Waals surface area contributed by atoms with Crippen molar-refractivity contribution >= 4 is 12.2 Å². The molecule has 1 saturated carbocycles. The van der Waals surface area contributed by atoms with Crippen LogP contribution in [0.15, 0.2) is 0 Å². The summed E-state index contributed by atoms with van der Waals surface area (Å²) in [5.74, 6) is 0.424. The van der Waals surface area contributed by atoms with Gasteiger partial charge in [0.15, 0.2) is 0 Å². The van der Waals surface area contributed by atoms with Crippen molar-refractivity contribution in [2.75, 3.05) is 0 Å². The highest BCUT2D eigenvalue weighted by Crippen LogP contribution is 2.37. The minimum Gasteiger partial charge on any atom is -0.351 e. The lowest BCUT2D eigenvalue weighted by atomic mass is 9.76. The lowest BCUT2D eigenvalue weighted by Crippen LogP contribution is -2.44. The Hall–Kier alpha value is -0.860. The van der Waals surface area contributed by atoms with E-state index in [2.05, 4.69) is 5.32 Å². The zero-order valence-electron chi connectivity index (χ0n) is 7.71. The van der Waals surface area contributed by atoms with Crippen LogP contribution in [-0.4, -0.2) is 17.7 Å². The van der Waals surface area contributed by atoms with E-state index in [-0.39, 0.29) is 17.4 Å². The Kier molecular flexibility index (Phi) is 2.10. The minimum absolute atomic E-state index is 0.0661. The summed E-state index contributed by atoms with van der Waals surface area (Å²) in [5.41, 5.74) is 0.0661. The molecule has 1 amide bonds. The fraction of sp³-hybridized carbons (Fsp3) is 0.800. The third-order valence-corrected chi connectivity index (χ3v) is 3.42. The van der Waals surface area contributed by atoms with Crippen LogP contribution < -0.4 is 5.32 Å². The summed E-state index contributed by atoms with van der Waals surface area (Å²) in [7, 11) is 0. The molecule has 2 fully saturated rings. The molecule has 0 aromatic heterocycles. The molecule has 0 aromatic rings. The third kappa shape index (κ3) is 1.60. The second-order valence-electron chi connectivity index (χ2n) is 4.30. The van der Waals surface area contributed by atoms with Gasteiger partial charge >= 0.3 is 0 Å². The van der Waals surface area contributed by atoms with E-state index in [0.29, 0.717) is 6.42 Å². The van der Waals surface area contributed by atoms with Crippen LogP contribution in [0, 0.1) is 5.92 Å². The summed E-state index contributed by atoms with van der Waals surface area (Å²) in [5, 5.41) is 3.06. The number of nitrogens with one attached hydrogen (secondary N) is 1. The van der Waals surface area contributed by atoms with Crippen molar-refractivity contribution in [2.24, 2.45) is 5.92 Å². The number of carbonyl (C=O) groups is 2. The summed E-state index contributed by atoms with van der Waals surface area (Å²) >= 11 is 0. The predicted molar refractivity (Wildman–Crippen MR) is 48.1 cm³/mol. The average Bonchev–Trinajstić information content (AvgIpc) is 2.49. The van der Waals surface area contributed by atoms with Crippen molar-refractivity contribution in [3.05, 3.63) is 0 Å². The highest BCUT2D eigenvalue weighted by Gasteiger charge is 2.40. The average molecular weight is 181 g/mol. The Morgan fingerprint density at radius 2 is 2.00 bits per heavy atom. The smallest absolute Gasteiger partial charge is 0.220 e. The van der Waals surface area contributed by atoms with Crippen LogP contribution in [0.25, 0.3) is 0 Å². The highest BCUT2D eigenvalue weighted by atomic mass is 16.2. The first kappa shape index (κ1) is 8.73. The topological polar surface area (TPSA) is 46.2 Å². The maximum atomic E-state index is 11.1. The molecular weight excluding hydrogens is 166 g/mol. The molecule has 1 heterocycles. The summed E-state index contributed by atoms with van der Waals surface area (Å²) < 4.78 is 0. The summed E-state index contributed by atoms with van der Waals surface area (Å²) in [6.45, 7) is 0. The van der Waals surface area contributed by atoms with Crippen molar-refractivity contribution < 1.29 is 9.59 Å². The fourth-order valence-electron chi connectivity index (χ4n) is 2.48. The number of hydrogen-bond acceptors (Lipinski definition) is 2. The molecule has 2 rings (SSSR count). The van der Waals surface area contributed by atoms with Crippen LogP contribution in [0.5, 0.6) is 0 Å². The molecule has 1 saturated heterocycles. The van der Waals surface area contributed by atoms with Gasteiger partial charge in [-0.25, -0.2) is 0 Å². The van der Waals surface area contributed by atoms with Gasteiger partial charge in [0.1, 0.15) is 6.29 Å². The zero-order chi connectivity index (χ0) is 9.31. The van der Waals surface area contributed by atoms with E-state index < -0.39 is 0 Å². The molecule has 0 atom stereocenters. The third-order valence-electron chi connectivity index (χ3n) is 3.42. The van der Waals surface area contributed by atoms with Gasteiger partial charge in [0.05, 0.1) is 0 Å². The molecule has 0 bridgehead atoms. The molecule has 3 nitrogen and oxygen atoms in total. The molecule has 1 N–H and O–H groups in total. The van der Waals surface area contributed by atoms with Crippen molar-refractivity contribution in [1.29, 1.82) is 0 Å². The first-order valence-corrected chi connectivity index (χ1v) is 5.00. The quantitative estimate of drug-likeness (QED) is 0.614. The second-order valence-corrected chi connectivity index (χ2v) is 4.30. The van der Waals surface area contributed by atoms with Crippen LogP contribution in [0.3, 0.4) is 0 Å². The highest BCUT2D eigenvalue weighted by molar-refractivity contribution is 5.79. The van der Waals surface area contributed by atoms with Crippen LogP contribution in [-0.2, 0) is 9.59 Å². The van der Waals surface area contributed by atoms with Crippen LogP contribution in [0.1, 0.15) is 38.5 Å². The van der Waals surface area contributed by atoms with E-state index in [1.807, 2.05) is 0 Å². The van der Waals surface area contributed by atoms with Crippen molar-refractivity contribution in [2.45, 2.75) is 44.1 Å². The molecule has 1 spiro atoms. The van der Waals surface area contributed by atoms with Crippen molar-refractivity contribution in [1.82, 2.24) is 5.32 Å². The van der Waals surface area contributed by atoms with Crippen LogP contribution in [0.4, 0.5) is 0 Å². The Morgan fingerprint density at radius 1 is 1.31 bits per heavy atom. The van der Waals surface area contributed by atoms with Gasteiger partial charge in [-0.3, -0.25) is 4.79 Å². The lowest BCUT2D eigenvalue weighted by Gasteiger charge is -2.35. The van der Waals surface area contributed by atoms with E-state index in [4.69, 9.17) is 0 Å². The number of amides is 1. The first-order valence-electron chi connectivity index (χ1n) is 5.00. The van der Waals surface area contributed by atoms with E-state index in [9.17, 15) is 9.59 Å². The number of carbonyl (C=O) groups excluding carboxylic acids is 2. The maximum Gasteiger partial charge on any atom is 0.220 e. The van der Waals surface area contributed by atoms with Gasteiger partial charge < -0.3 is 10.1 Å². The molecule has 1 aliphatic carbocycles. The monoisotopic (exact) mass is 181 g/mol. The molecular formula is C10H15NO2. The summed E-state index contributed by atoms with van der Waals surface area (Å²) in [4.78, 5) is 21.6. The second kappa shape index (κ2) is 3.13. The number of rotatable bonds is 1. The van der Waals surface area contributed by atoms with Gasteiger partial charge in [-0.15, -0.1) is 0 Å². The minimum atomic E-state index is 0.0661. The standard InChI is InChI=1S/C10H15NO2/c12-7-8-1-4-10(5-2-8)6-3-9(13)11-10/h7-8H,1-6H2,(H,11,13)/t8-,10-. The largest absolute Gasteiger partial charge is 0.351 e. The molecule has 0 radical (unpaired) electrons. The van der Waals surface area contributed by atoms with Crippen molar-refractivity contribution in [3.63, 3.8) is 0 Å². The predicted octanol–water partition coefficient (Wildman–Crippen LogP) is 1.02. The Morgan fingerprint density at radius 3 is 2.46 bits per heavy atom. The van der Waals surface area contributed by atoms with E-state index in [1.165, 1.54) is 0 Å². The Bertz CT molecular complexity index is 229. The number of aldehydes is 1. The molecule has 1 aliphatic heterocycles. The SMILES string of the molecule is O=C[C@H]1CC[C@@]2(CCC(=O)N2)CC1. The van der Waals surface area contributed by atoms with Crippen molar-refractivity contribution in [3.8, 4) is 0 Å². The molecule has 72 valence electrons. The van der Waals surface area contributed by atoms with Gasteiger partial charge in [-0.2, -0.15) is 0 Å². The van der Waals surface area contributed by atoms with Crippen LogP contribution >= 0.6 is 0 Å². The Balaban J connectivity index is 1.97. The maximum absolute atomic E-state index is 11.1. The van der Waals surface area contributed by atoms with Gasteiger partial charge in [0.2, 0.25) is 5.91 Å². The van der Waals surface area contributed by atoms with E-state index in [1.54, 1.807) is 0 Å². The normalized spacial score (nSPS) is 39.1. The van der Waals surface area contributed by atoms with Gasteiger partial charge in [0.25, 0.3) is 0 Å². The Labute approximate surface area is 77.9 Å². The molecule has 0 unspecified atom stereocenters. The zero-order valence-corrected chi connectivity index (χ0v) is 7.71. The van der Waals surface area contributed by atoms with E-state index >= 15 is 0 Å². The molecule has 0 aromatic carbocycles. The summed E-state index contributed by atoms with van der Waals surface area (Å²) in [6, 6.07) is 0. The fourth-order valence-corrected chi connectivity index (χ4v) is 2.48. The molecule has 13 heavy (non-hydrogen) atoms. The summed E-state index contributed by atoms with van der Waals surface area (Å²) in [6.07, 6.45) is 6.57. The number of hydrogen-bond donors (Lipinski definition) is 1. The van der Waals surface area contributed by atoms with Gasteiger partial charge in [-0.1, -0.05) is 0 Å². The molecule has 2 aliphatic rings. The lowest BCUT2D eigenvalue weighted by molar-refractivity contribution is -0.120. The van der Waals surface area contributed by atoms with E-state index in [0.717, 1.165) is 38.4 Å². The molecule has 3 heteroatoms. The van der Waals surface area contributed by atoms with Crippen LogP contribution in [0.2, 0.25) is 0 Å².